The van der Waals surface area contributed by atoms with Crippen LogP contribution in [-0.4, -0.2) is 16.2 Å². The monoisotopic (exact) mass is 283 g/mol. The Morgan fingerprint density at radius 1 is 1.00 bits per heavy atom. The molecule has 1 aromatic rings. The number of hydrogen-bond donors (Lipinski definition) is 0. The van der Waals surface area contributed by atoms with Crippen molar-refractivity contribution in [2.45, 2.75) is 0 Å². The fraction of sp³-hybridized carbons (Fsp3) is 0. The summed E-state index contributed by atoms with van der Waals surface area (Å²) in [6.07, 6.45) is 0. The van der Waals surface area contributed by atoms with E-state index < -0.39 is 11.8 Å². The van der Waals surface area contributed by atoms with Gasteiger partial charge in [0.25, 0.3) is 11.8 Å². The quantitative estimate of drug-likeness (QED) is 0.416. The molecular weight excluding hydrogens is 284 g/mol. The number of nitrogens with zero attached hydrogens (tertiary/aromatic N) is 1. The van der Waals surface area contributed by atoms with E-state index in [1.54, 1.807) is 0 Å². The minimum absolute atomic E-state index is 0.00827. The summed E-state index contributed by atoms with van der Waals surface area (Å²) in [4.78, 5) is 22.9. The second-order valence-electron chi connectivity index (χ2n) is 2.80. The summed E-state index contributed by atoms with van der Waals surface area (Å²) < 4.78 is 0.448. The molecule has 1 heterocycles. The van der Waals surface area contributed by atoms with Gasteiger partial charge in [-0.15, -0.1) is 0 Å². The van der Waals surface area contributed by atoms with Crippen LogP contribution in [0.1, 0.15) is 20.7 Å². The summed E-state index contributed by atoms with van der Waals surface area (Å²) in [6, 6.07) is 1.27. The Kier molecular flexibility index (Phi) is 2.59. The molecule has 15 heavy (non-hydrogen) atoms. The summed E-state index contributed by atoms with van der Waals surface area (Å²) in [6.45, 7) is 0. The van der Waals surface area contributed by atoms with E-state index in [9.17, 15) is 9.59 Å². The molecule has 2 rings (SSSR count). The van der Waals surface area contributed by atoms with E-state index in [1.807, 2.05) is 0 Å². The molecule has 78 valence electrons. The zero-order valence-corrected chi connectivity index (χ0v) is 9.88. The predicted molar refractivity (Wildman–Crippen MR) is 57.8 cm³/mol. The van der Waals surface area contributed by atoms with Gasteiger partial charge in [-0.1, -0.05) is 34.8 Å². The lowest BCUT2D eigenvalue weighted by Gasteiger charge is -2.02. The van der Waals surface area contributed by atoms with E-state index in [1.165, 1.54) is 6.07 Å². The van der Waals surface area contributed by atoms with Crippen LogP contribution in [0.3, 0.4) is 0 Å². The Morgan fingerprint density at radius 2 is 1.60 bits per heavy atom. The molecule has 0 unspecified atom stereocenters. The number of amides is 2. The highest BCUT2D eigenvalue weighted by Gasteiger charge is 2.38. The van der Waals surface area contributed by atoms with Gasteiger partial charge in [-0.2, -0.15) is 4.42 Å². The van der Waals surface area contributed by atoms with Gasteiger partial charge in [-0.25, -0.2) is 0 Å². The van der Waals surface area contributed by atoms with Gasteiger partial charge in [0.1, 0.15) is 0 Å². The van der Waals surface area contributed by atoms with Gasteiger partial charge in [0, 0.05) is 11.8 Å². The zero-order valence-electron chi connectivity index (χ0n) is 6.85. The molecule has 0 radical (unpaired) electrons. The number of imide groups is 1. The summed E-state index contributed by atoms with van der Waals surface area (Å²) in [5, 5.41) is 0.0828. The van der Waals surface area contributed by atoms with E-state index >= 15 is 0 Å². The molecule has 0 bridgehead atoms. The maximum Gasteiger partial charge on any atom is 0.277 e. The molecule has 0 saturated heterocycles. The van der Waals surface area contributed by atoms with Crippen molar-refractivity contribution >= 4 is 58.4 Å². The number of fused-ring (bicyclic) bond motifs is 1. The van der Waals surface area contributed by atoms with E-state index in [0.29, 0.717) is 4.42 Å². The topological polar surface area (TPSA) is 37.4 Å². The lowest BCUT2D eigenvalue weighted by atomic mass is 10.1. The van der Waals surface area contributed by atoms with Crippen LogP contribution in [0.15, 0.2) is 6.07 Å². The van der Waals surface area contributed by atoms with Crippen molar-refractivity contribution in [3.63, 3.8) is 0 Å². The van der Waals surface area contributed by atoms with Gasteiger partial charge in [0.15, 0.2) is 0 Å². The smallest absolute Gasteiger partial charge is 0.267 e. The molecule has 0 aromatic heterocycles. The Hall–Kier alpha value is -0.480. The van der Waals surface area contributed by atoms with Crippen LogP contribution in [0.5, 0.6) is 0 Å². The minimum Gasteiger partial charge on any atom is -0.267 e. The van der Waals surface area contributed by atoms with E-state index in [-0.39, 0.29) is 26.2 Å². The Bertz CT molecular complexity index is 500. The summed E-state index contributed by atoms with van der Waals surface area (Å²) in [5.41, 5.74) is 0.0560. The summed E-state index contributed by atoms with van der Waals surface area (Å²) in [5.74, 6) is -1.35. The van der Waals surface area contributed by atoms with Gasteiger partial charge < -0.3 is 0 Å². The van der Waals surface area contributed by atoms with Gasteiger partial charge in [-0.05, 0) is 6.07 Å². The van der Waals surface area contributed by atoms with Crippen LogP contribution in [0.4, 0.5) is 0 Å². The second kappa shape index (κ2) is 3.52. The Labute approximate surface area is 105 Å². The summed E-state index contributed by atoms with van der Waals surface area (Å²) >= 11 is 22.7. The number of halogens is 4. The second-order valence-corrected chi connectivity index (χ2v) is 4.30. The molecule has 0 N–H and O–H groups in total. The van der Waals surface area contributed by atoms with E-state index in [4.69, 9.17) is 46.6 Å². The molecule has 2 amide bonds. The summed E-state index contributed by atoms with van der Waals surface area (Å²) in [7, 11) is 0. The first-order valence-corrected chi connectivity index (χ1v) is 5.14. The highest BCUT2D eigenvalue weighted by atomic mass is 35.5. The number of hydrogen-bond acceptors (Lipinski definition) is 2. The van der Waals surface area contributed by atoms with Crippen LogP contribution in [0.2, 0.25) is 15.1 Å². The first-order valence-electron chi connectivity index (χ1n) is 3.67. The van der Waals surface area contributed by atoms with Crippen molar-refractivity contribution in [1.82, 2.24) is 4.42 Å². The van der Waals surface area contributed by atoms with Crippen LogP contribution < -0.4 is 0 Å². The van der Waals surface area contributed by atoms with E-state index in [2.05, 4.69) is 0 Å². The van der Waals surface area contributed by atoms with Crippen molar-refractivity contribution in [1.29, 1.82) is 0 Å². The largest absolute Gasteiger partial charge is 0.277 e. The third kappa shape index (κ3) is 1.42. The molecule has 0 spiro atoms. The SMILES string of the molecule is O=C1c2cc(Cl)c(Cl)c(Cl)c2C(=O)N1Cl. The lowest BCUT2D eigenvalue weighted by molar-refractivity contribution is 0.0767. The molecule has 1 aliphatic rings. The molecule has 1 aromatic carbocycles. The van der Waals surface area contributed by atoms with E-state index in [0.717, 1.165) is 0 Å². The normalized spacial score (nSPS) is 14.8. The number of carbonyl (C=O) groups excluding carboxylic acids is 2. The first-order chi connectivity index (χ1) is 6.95. The maximum absolute atomic E-state index is 11.5. The standard InChI is InChI=1S/C8HCl4NO2/c9-3-1-2-4(6(11)5(3)10)8(15)13(12)7(2)14/h1H. The highest BCUT2D eigenvalue weighted by Crippen LogP contribution is 2.39. The first kappa shape index (κ1) is 11.0. The number of rotatable bonds is 0. The predicted octanol–water partition coefficient (Wildman–Crippen LogP) is 3.40. The Balaban J connectivity index is 2.81. The molecule has 1 aliphatic heterocycles. The third-order valence-electron chi connectivity index (χ3n) is 1.96. The fourth-order valence-electron chi connectivity index (χ4n) is 1.27. The van der Waals surface area contributed by atoms with Crippen molar-refractivity contribution in [2.24, 2.45) is 0 Å². The van der Waals surface area contributed by atoms with Crippen LogP contribution in [0.25, 0.3) is 0 Å². The molecule has 0 aliphatic carbocycles. The molecule has 7 heteroatoms. The van der Waals surface area contributed by atoms with Crippen LogP contribution >= 0.6 is 46.6 Å². The minimum atomic E-state index is -0.694. The molecule has 0 atom stereocenters. The van der Waals surface area contributed by atoms with Crippen molar-refractivity contribution in [3.8, 4) is 0 Å². The van der Waals surface area contributed by atoms with Crippen LogP contribution in [0, 0.1) is 0 Å². The van der Waals surface area contributed by atoms with Gasteiger partial charge >= 0.3 is 0 Å². The fourth-order valence-corrected chi connectivity index (χ4v) is 2.13. The lowest BCUT2D eigenvalue weighted by Crippen LogP contribution is -2.18. The third-order valence-corrected chi connectivity index (χ3v) is 3.53. The molecule has 0 saturated carbocycles. The highest BCUT2D eigenvalue weighted by molar-refractivity contribution is 6.52. The molecule has 3 nitrogen and oxygen atoms in total. The average Bonchev–Trinajstić information content (AvgIpc) is 2.40. The maximum atomic E-state index is 11.5. The van der Waals surface area contributed by atoms with Crippen molar-refractivity contribution < 1.29 is 9.59 Å². The zero-order chi connectivity index (χ0) is 11.3. The number of benzene rings is 1. The number of carbonyl (C=O) groups is 2. The van der Waals surface area contributed by atoms with Gasteiger partial charge in [0.05, 0.1) is 26.2 Å². The Morgan fingerprint density at radius 3 is 2.20 bits per heavy atom. The van der Waals surface area contributed by atoms with Gasteiger partial charge in [-0.3, -0.25) is 9.59 Å². The van der Waals surface area contributed by atoms with Crippen molar-refractivity contribution in [2.75, 3.05) is 0 Å². The molecular formula is C8HCl4NO2. The average molecular weight is 285 g/mol. The van der Waals surface area contributed by atoms with Crippen molar-refractivity contribution in [3.05, 3.63) is 32.3 Å². The molecule has 0 fully saturated rings. The van der Waals surface area contributed by atoms with Crippen LogP contribution in [-0.2, 0) is 0 Å². The van der Waals surface area contributed by atoms with Gasteiger partial charge in [0.2, 0.25) is 0 Å².